The highest BCUT2D eigenvalue weighted by Gasteiger charge is 2.22. The van der Waals surface area contributed by atoms with Crippen LogP contribution in [0.2, 0.25) is 0 Å². The summed E-state index contributed by atoms with van der Waals surface area (Å²) in [5.41, 5.74) is 3.50. The third-order valence-corrected chi connectivity index (χ3v) is 4.92. The van der Waals surface area contributed by atoms with Crippen molar-refractivity contribution < 1.29 is 4.79 Å². The van der Waals surface area contributed by atoms with Crippen molar-refractivity contribution in [2.75, 3.05) is 18.4 Å². The van der Waals surface area contributed by atoms with Crippen LogP contribution in [0.1, 0.15) is 76.8 Å². The van der Waals surface area contributed by atoms with Crippen LogP contribution in [-0.4, -0.2) is 29.9 Å². The van der Waals surface area contributed by atoms with Gasteiger partial charge in [0, 0.05) is 11.7 Å². The van der Waals surface area contributed by atoms with Crippen molar-refractivity contribution in [3.63, 3.8) is 0 Å². The van der Waals surface area contributed by atoms with Crippen LogP contribution in [0.25, 0.3) is 0 Å². The zero-order valence-electron chi connectivity index (χ0n) is 15.4. The second-order valence-corrected chi connectivity index (χ2v) is 7.48. The molecular weight excluding hydrogens is 284 g/mol. The molecule has 0 unspecified atom stereocenters. The van der Waals surface area contributed by atoms with E-state index in [1.807, 2.05) is 0 Å². The highest BCUT2D eigenvalue weighted by molar-refractivity contribution is 5.94. The van der Waals surface area contributed by atoms with Gasteiger partial charge in [0.2, 0.25) is 5.91 Å². The van der Waals surface area contributed by atoms with Gasteiger partial charge in [-0.15, -0.1) is 0 Å². The number of rotatable bonds is 5. The number of para-hydroxylation sites is 1. The van der Waals surface area contributed by atoms with Gasteiger partial charge < -0.3 is 5.32 Å². The van der Waals surface area contributed by atoms with Crippen molar-refractivity contribution in [2.45, 2.75) is 71.8 Å². The van der Waals surface area contributed by atoms with Crippen LogP contribution in [0.4, 0.5) is 5.69 Å². The molecule has 0 aromatic heterocycles. The Labute approximate surface area is 141 Å². The number of piperidine rings is 1. The summed E-state index contributed by atoms with van der Waals surface area (Å²) in [6, 6.07) is 6.89. The van der Waals surface area contributed by atoms with Gasteiger partial charge in [0.25, 0.3) is 0 Å². The van der Waals surface area contributed by atoms with E-state index in [1.165, 1.54) is 30.4 Å². The van der Waals surface area contributed by atoms with E-state index in [2.05, 4.69) is 63.0 Å². The first-order valence-electron chi connectivity index (χ1n) is 9.06. The van der Waals surface area contributed by atoms with Crippen LogP contribution in [0.3, 0.4) is 0 Å². The molecule has 1 aromatic carbocycles. The molecule has 0 saturated carbocycles. The molecule has 0 spiro atoms. The first kappa shape index (κ1) is 18.0. The first-order chi connectivity index (χ1) is 10.9. The Bertz CT molecular complexity index is 510. The van der Waals surface area contributed by atoms with Crippen LogP contribution < -0.4 is 5.32 Å². The molecule has 23 heavy (non-hydrogen) atoms. The number of nitrogens with one attached hydrogen (secondary N) is 1. The monoisotopic (exact) mass is 316 g/mol. The number of likely N-dealkylation sites (tertiary alicyclic amines) is 1. The molecule has 1 N–H and O–H groups in total. The minimum atomic E-state index is 0.119. The number of carbonyl (C=O) groups is 1. The average Bonchev–Trinajstić information content (AvgIpc) is 2.49. The van der Waals surface area contributed by atoms with Gasteiger partial charge in [-0.05, 0) is 49.3 Å². The highest BCUT2D eigenvalue weighted by Crippen LogP contribution is 2.32. The Balaban J connectivity index is 2.16. The Morgan fingerprint density at radius 1 is 1.17 bits per heavy atom. The van der Waals surface area contributed by atoms with Crippen molar-refractivity contribution in [1.82, 2.24) is 4.90 Å². The standard InChI is InChI=1S/C20H32N2O/c1-14(2)17-10-8-11-18(15(3)4)20(17)21-19(23)13-22-12-7-6-9-16(22)5/h8,10-11,14-16H,6-7,9,12-13H2,1-5H3,(H,21,23)/t16-/m1/s1. The summed E-state index contributed by atoms with van der Waals surface area (Å²) in [4.78, 5) is 14.9. The predicted molar refractivity (Wildman–Crippen MR) is 98.1 cm³/mol. The van der Waals surface area contributed by atoms with Gasteiger partial charge in [-0.1, -0.05) is 52.3 Å². The van der Waals surface area contributed by atoms with Crippen molar-refractivity contribution in [1.29, 1.82) is 0 Å². The van der Waals surface area contributed by atoms with Crippen LogP contribution in [0.5, 0.6) is 0 Å². The number of benzene rings is 1. The molecule has 1 atom stereocenters. The summed E-state index contributed by atoms with van der Waals surface area (Å²) in [5, 5.41) is 3.23. The normalized spacial score (nSPS) is 19.3. The van der Waals surface area contributed by atoms with E-state index >= 15 is 0 Å². The molecule has 1 amide bonds. The Hall–Kier alpha value is -1.35. The predicted octanol–water partition coefficient (Wildman–Crippen LogP) is 4.75. The maximum Gasteiger partial charge on any atom is 0.238 e. The van der Waals surface area contributed by atoms with Gasteiger partial charge >= 0.3 is 0 Å². The van der Waals surface area contributed by atoms with Crippen LogP contribution in [-0.2, 0) is 4.79 Å². The minimum Gasteiger partial charge on any atom is -0.324 e. The van der Waals surface area contributed by atoms with Crippen molar-refractivity contribution in [2.24, 2.45) is 0 Å². The zero-order valence-corrected chi connectivity index (χ0v) is 15.4. The topological polar surface area (TPSA) is 32.3 Å². The van der Waals surface area contributed by atoms with E-state index < -0.39 is 0 Å². The fourth-order valence-electron chi connectivity index (χ4n) is 3.45. The Kier molecular flexibility index (Phi) is 6.23. The number of carbonyl (C=O) groups excluding carboxylic acids is 1. The molecule has 0 aliphatic carbocycles. The smallest absolute Gasteiger partial charge is 0.238 e. The minimum absolute atomic E-state index is 0.119. The highest BCUT2D eigenvalue weighted by atomic mass is 16.2. The lowest BCUT2D eigenvalue weighted by Gasteiger charge is -2.32. The SMILES string of the molecule is CC(C)c1cccc(C(C)C)c1NC(=O)CN1CCCC[C@H]1C. The van der Waals surface area contributed by atoms with Crippen LogP contribution >= 0.6 is 0 Å². The third kappa shape index (κ3) is 4.57. The number of anilines is 1. The van der Waals surface area contributed by atoms with E-state index in [1.54, 1.807) is 0 Å². The lowest BCUT2D eigenvalue weighted by molar-refractivity contribution is -0.118. The molecular formula is C20H32N2O. The first-order valence-corrected chi connectivity index (χ1v) is 9.06. The zero-order chi connectivity index (χ0) is 17.0. The summed E-state index contributed by atoms with van der Waals surface area (Å²) >= 11 is 0. The molecule has 1 heterocycles. The van der Waals surface area contributed by atoms with Gasteiger partial charge in [-0.2, -0.15) is 0 Å². The van der Waals surface area contributed by atoms with Gasteiger partial charge in [-0.3, -0.25) is 9.69 Å². The number of hydrogen-bond acceptors (Lipinski definition) is 2. The fourth-order valence-corrected chi connectivity index (χ4v) is 3.45. The largest absolute Gasteiger partial charge is 0.324 e. The van der Waals surface area contributed by atoms with Crippen molar-refractivity contribution in [3.05, 3.63) is 29.3 Å². The molecule has 2 rings (SSSR count). The Morgan fingerprint density at radius 2 is 1.78 bits per heavy atom. The van der Waals surface area contributed by atoms with Gasteiger partial charge in [0.05, 0.1) is 6.54 Å². The molecule has 1 aliphatic rings. The number of hydrogen-bond donors (Lipinski definition) is 1. The molecule has 3 heteroatoms. The number of amides is 1. The van der Waals surface area contributed by atoms with E-state index in [9.17, 15) is 4.79 Å². The molecule has 128 valence electrons. The molecule has 3 nitrogen and oxygen atoms in total. The van der Waals surface area contributed by atoms with E-state index in [4.69, 9.17) is 0 Å². The molecule has 1 saturated heterocycles. The second kappa shape index (κ2) is 7.96. The fraction of sp³-hybridized carbons (Fsp3) is 0.650. The average molecular weight is 316 g/mol. The Morgan fingerprint density at radius 3 is 2.30 bits per heavy atom. The second-order valence-electron chi connectivity index (χ2n) is 7.48. The van der Waals surface area contributed by atoms with E-state index in [0.717, 1.165) is 12.2 Å². The summed E-state index contributed by atoms with van der Waals surface area (Å²) in [7, 11) is 0. The maximum absolute atomic E-state index is 12.6. The molecule has 1 aliphatic heterocycles. The van der Waals surface area contributed by atoms with Crippen LogP contribution in [0, 0.1) is 0 Å². The quantitative estimate of drug-likeness (QED) is 0.850. The number of nitrogens with zero attached hydrogens (tertiary/aromatic N) is 1. The summed E-state index contributed by atoms with van der Waals surface area (Å²) in [6.07, 6.45) is 3.69. The summed E-state index contributed by atoms with van der Waals surface area (Å²) in [6.45, 7) is 12.5. The van der Waals surface area contributed by atoms with E-state index in [0.29, 0.717) is 24.4 Å². The van der Waals surface area contributed by atoms with Crippen molar-refractivity contribution >= 4 is 11.6 Å². The van der Waals surface area contributed by atoms with E-state index in [-0.39, 0.29) is 5.91 Å². The van der Waals surface area contributed by atoms with Gasteiger partial charge in [0.15, 0.2) is 0 Å². The van der Waals surface area contributed by atoms with Gasteiger partial charge in [0.1, 0.15) is 0 Å². The molecule has 0 bridgehead atoms. The maximum atomic E-state index is 12.6. The van der Waals surface area contributed by atoms with Crippen LogP contribution in [0.15, 0.2) is 18.2 Å². The van der Waals surface area contributed by atoms with Gasteiger partial charge in [-0.25, -0.2) is 0 Å². The summed E-state index contributed by atoms with van der Waals surface area (Å²) in [5.74, 6) is 0.921. The lowest BCUT2D eigenvalue weighted by atomic mass is 9.92. The molecule has 1 aromatic rings. The third-order valence-electron chi connectivity index (χ3n) is 4.92. The summed E-state index contributed by atoms with van der Waals surface area (Å²) < 4.78 is 0. The lowest BCUT2D eigenvalue weighted by Crippen LogP contribution is -2.42. The molecule has 1 fully saturated rings. The molecule has 0 radical (unpaired) electrons. The van der Waals surface area contributed by atoms with Crippen molar-refractivity contribution in [3.8, 4) is 0 Å².